The lowest BCUT2D eigenvalue weighted by molar-refractivity contribution is 0.304. The number of hydrogen-bond donors (Lipinski definition) is 0. The van der Waals surface area contributed by atoms with Crippen molar-refractivity contribution in [2.75, 3.05) is 13.2 Å². The summed E-state index contributed by atoms with van der Waals surface area (Å²) in [4.78, 5) is 13.1. The molecular formula is C40H44O4. The van der Waals surface area contributed by atoms with Crippen LogP contribution in [0.5, 0.6) is 11.5 Å². The van der Waals surface area contributed by atoms with Gasteiger partial charge in [0, 0.05) is 11.5 Å². The summed E-state index contributed by atoms with van der Waals surface area (Å²) >= 11 is 0. The number of ether oxygens (including phenoxy) is 2. The van der Waals surface area contributed by atoms with Gasteiger partial charge in [-0.15, -0.1) is 0 Å². The minimum Gasteiger partial charge on any atom is -0.494 e. The number of rotatable bonds is 15. The Hall–Kier alpha value is -4.31. The van der Waals surface area contributed by atoms with Crippen molar-refractivity contribution < 1.29 is 13.9 Å². The molecule has 1 aromatic heterocycles. The van der Waals surface area contributed by atoms with Crippen LogP contribution in [0.2, 0.25) is 0 Å². The molecule has 0 spiro atoms. The first-order valence-corrected chi connectivity index (χ1v) is 16.2. The van der Waals surface area contributed by atoms with E-state index in [1.807, 2.05) is 37.3 Å². The zero-order valence-corrected chi connectivity index (χ0v) is 26.4. The zero-order valence-electron chi connectivity index (χ0n) is 26.4. The van der Waals surface area contributed by atoms with E-state index in [0.29, 0.717) is 17.8 Å². The summed E-state index contributed by atoms with van der Waals surface area (Å²) in [6, 6.07) is 30.8. The van der Waals surface area contributed by atoms with Crippen molar-refractivity contribution in [1.29, 1.82) is 0 Å². The fourth-order valence-corrected chi connectivity index (χ4v) is 5.59. The lowest BCUT2D eigenvalue weighted by Gasteiger charge is -2.11. The summed E-state index contributed by atoms with van der Waals surface area (Å²) in [6.07, 6.45) is 9.65. The standard InChI is InChI=1S/C40H44O4/c1-4-6-8-9-10-11-27-42-35-22-20-33(21-23-35)31-14-12-30(13-15-31)32-16-18-34(19-17-32)39-29(3)37-25-24-36(43-26-7-5-2)28-38(37)44-40(39)41/h12-25,28H,4-11,26-27H2,1-3H3. The average molecular weight is 589 g/mol. The molecular weight excluding hydrogens is 544 g/mol. The van der Waals surface area contributed by atoms with Gasteiger partial charge in [-0.1, -0.05) is 113 Å². The Morgan fingerprint density at radius 2 is 1.02 bits per heavy atom. The van der Waals surface area contributed by atoms with Gasteiger partial charge < -0.3 is 13.9 Å². The molecule has 0 unspecified atom stereocenters. The van der Waals surface area contributed by atoms with Crippen LogP contribution < -0.4 is 15.1 Å². The van der Waals surface area contributed by atoms with Gasteiger partial charge in [-0.25, -0.2) is 4.79 Å². The molecule has 4 aromatic carbocycles. The first-order valence-electron chi connectivity index (χ1n) is 16.2. The Morgan fingerprint density at radius 3 is 1.64 bits per heavy atom. The minimum absolute atomic E-state index is 0.336. The highest BCUT2D eigenvalue weighted by atomic mass is 16.5. The molecule has 0 saturated heterocycles. The SMILES string of the molecule is CCCCCCCCOc1ccc(-c2ccc(-c3ccc(-c4c(C)c5ccc(OCCCC)cc5oc4=O)cc3)cc2)cc1. The van der Waals surface area contributed by atoms with Crippen molar-refractivity contribution >= 4 is 11.0 Å². The molecule has 44 heavy (non-hydrogen) atoms. The van der Waals surface area contributed by atoms with E-state index in [1.165, 1.54) is 32.1 Å². The quantitative estimate of drug-likeness (QED) is 0.0901. The van der Waals surface area contributed by atoms with Crippen molar-refractivity contribution in [3.8, 4) is 44.9 Å². The second kappa shape index (κ2) is 15.4. The number of hydrogen-bond acceptors (Lipinski definition) is 4. The highest BCUT2D eigenvalue weighted by Gasteiger charge is 2.14. The summed E-state index contributed by atoms with van der Waals surface area (Å²) in [6.45, 7) is 7.79. The van der Waals surface area contributed by atoms with Gasteiger partial charge in [0.15, 0.2) is 0 Å². The number of benzene rings is 4. The smallest absolute Gasteiger partial charge is 0.344 e. The van der Waals surface area contributed by atoms with Crippen LogP contribution >= 0.6 is 0 Å². The van der Waals surface area contributed by atoms with Gasteiger partial charge in [0.05, 0.1) is 18.8 Å². The van der Waals surface area contributed by atoms with Crippen molar-refractivity contribution in [2.24, 2.45) is 0 Å². The Kier molecular flexibility index (Phi) is 10.9. The highest BCUT2D eigenvalue weighted by Crippen LogP contribution is 2.31. The summed E-state index contributed by atoms with van der Waals surface area (Å²) in [5, 5.41) is 0.916. The summed E-state index contributed by atoms with van der Waals surface area (Å²) in [7, 11) is 0. The molecule has 0 aliphatic rings. The predicted molar refractivity (Wildman–Crippen MR) is 183 cm³/mol. The van der Waals surface area contributed by atoms with Crippen LogP contribution in [0.3, 0.4) is 0 Å². The largest absolute Gasteiger partial charge is 0.494 e. The Labute approximate surface area is 261 Å². The molecule has 0 amide bonds. The van der Waals surface area contributed by atoms with Gasteiger partial charge in [0.25, 0.3) is 0 Å². The second-order valence-electron chi connectivity index (χ2n) is 11.5. The Morgan fingerprint density at radius 1 is 0.545 bits per heavy atom. The first kappa shape index (κ1) is 31.1. The Balaban J connectivity index is 1.23. The maximum absolute atomic E-state index is 13.1. The topological polar surface area (TPSA) is 48.7 Å². The average Bonchev–Trinajstić information content (AvgIpc) is 3.05. The fourth-order valence-electron chi connectivity index (χ4n) is 5.59. The van der Waals surface area contributed by atoms with Crippen molar-refractivity contribution in [3.05, 3.63) is 107 Å². The van der Waals surface area contributed by atoms with E-state index in [4.69, 9.17) is 13.9 Å². The third-order valence-electron chi connectivity index (χ3n) is 8.25. The number of fused-ring (bicyclic) bond motifs is 1. The molecule has 0 fully saturated rings. The third kappa shape index (κ3) is 7.79. The van der Waals surface area contributed by atoms with Gasteiger partial charge in [-0.2, -0.15) is 0 Å². The molecule has 0 N–H and O–H groups in total. The maximum atomic E-state index is 13.1. The zero-order chi connectivity index (χ0) is 30.7. The fraction of sp³-hybridized carbons (Fsp3) is 0.325. The van der Waals surface area contributed by atoms with E-state index in [1.54, 1.807) is 0 Å². The van der Waals surface area contributed by atoms with E-state index in [9.17, 15) is 4.79 Å². The van der Waals surface area contributed by atoms with Crippen LogP contribution in [0.1, 0.15) is 70.8 Å². The van der Waals surface area contributed by atoms with Crippen LogP contribution in [-0.2, 0) is 0 Å². The van der Waals surface area contributed by atoms with Gasteiger partial charge >= 0.3 is 5.63 Å². The highest BCUT2D eigenvalue weighted by molar-refractivity contribution is 5.87. The molecule has 5 aromatic rings. The molecule has 0 atom stereocenters. The molecule has 1 heterocycles. The molecule has 4 nitrogen and oxygen atoms in total. The maximum Gasteiger partial charge on any atom is 0.344 e. The second-order valence-corrected chi connectivity index (χ2v) is 11.5. The van der Waals surface area contributed by atoms with E-state index in [-0.39, 0.29) is 5.63 Å². The summed E-state index contributed by atoms with van der Waals surface area (Å²) in [5.41, 5.74) is 7.11. The normalized spacial score (nSPS) is 11.2. The van der Waals surface area contributed by atoms with Crippen LogP contribution in [-0.4, -0.2) is 13.2 Å². The molecule has 0 aliphatic carbocycles. The van der Waals surface area contributed by atoms with Crippen LogP contribution in [0, 0.1) is 6.92 Å². The van der Waals surface area contributed by atoms with E-state index < -0.39 is 0 Å². The van der Waals surface area contributed by atoms with Gasteiger partial charge in [0.2, 0.25) is 0 Å². The molecule has 0 saturated carbocycles. The van der Waals surface area contributed by atoms with Crippen LogP contribution in [0.4, 0.5) is 0 Å². The third-order valence-corrected chi connectivity index (χ3v) is 8.25. The van der Waals surface area contributed by atoms with Crippen LogP contribution in [0.25, 0.3) is 44.3 Å². The van der Waals surface area contributed by atoms with Crippen molar-refractivity contribution in [2.45, 2.75) is 72.1 Å². The van der Waals surface area contributed by atoms with Gasteiger partial charge in [-0.3, -0.25) is 0 Å². The predicted octanol–water partition coefficient (Wildman–Crippen LogP) is 11.0. The monoisotopic (exact) mass is 588 g/mol. The Bertz CT molecular complexity index is 1680. The molecule has 4 heteroatoms. The van der Waals surface area contributed by atoms with E-state index in [2.05, 4.69) is 74.5 Å². The van der Waals surface area contributed by atoms with Gasteiger partial charge in [0.1, 0.15) is 17.1 Å². The van der Waals surface area contributed by atoms with Gasteiger partial charge in [-0.05, 0) is 77.4 Å². The van der Waals surface area contributed by atoms with Crippen LogP contribution in [0.15, 0.2) is 100 Å². The summed E-state index contributed by atoms with van der Waals surface area (Å²) in [5.74, 6) is 1.65. The van der Waals surface area contributed by atoms with Crippen molar-refractivity contribution in [3.63, 3.8) is 0 Å². The van der Waals surface area contributed by atoms with E-state index in [0.717, 1.165) is 76.1 Å². The molecule has 0 aliphatic heterocycles. The molecule has 5 rings (SSSR count). The number of unbranched alkanes of at least 4 members (excludes halogenated alkanes) is 6. The van der Waals surface area contributed by atoms with Crippen molar-refractivity contribution in [1.82, 2.24) is 0 Å². The molecule has 0 radical (unpaired) electrons. The lowest BCUT2D eigenvalue weighted by atomic mass is 9.96. The first-order chi connectivity index (χ1) is 21.6. The van der Waals surface area contributed by atoms with E-state index >= 15 is 0 Å². The molecule has 0 bridgehead atoms. The lowest BCUT2D eigenvalue weighted by Crippen LogP contribution is -2.06. The minimum atomic E-state index is -0.336. The summed E-state index contributed by atoms with van der Waals surface area (Å²) < 4.78 is 17.5. The number of aryl methyl sites for hydroxylation is 1. The molecule has 228 valence electrons.